The highest BCUT2D eigenvalue weighted by Crippen LogP contribution is 2.42. The Balaban J connectivity index is 1.25. The van der Waals surface area contributed by atoms with Gasteiger partial charge >= 0.3 is 0 Å². The molecule has 4 aromatic rings. The van der Waals surface area contributed by atoms with E-state index < -0.39 is 90.2 Å². The Hall–Kier alpha value is -3.53. The highest BCUT2D eigenvalue weighted by atomic mass is 32.2. The second kappa shape index (κ2) is 13.3. The van der Waals surface area contributed by atoms with Gasteiger partial charge in [-0.1, -0.05) is 22.2 Å². The first-order valence-electron chi connectivity index (χ1n) is 13.9. The summed E-state index contributed by atoms with van der Waals surface area (Å²) in [6.45, 7) is -1.35. The van der Waals surface area contributed by atoms with Crippen molar-refractivity contribution in [3.8, 4) is 22.5 Å². The lowest BCUT2D eigenvalue weighted by atomic mass is 9.97. The Morgan fingerprint density at radius 3 is 1.70 bits per heavy atom. The molecule has 19 heteroatoms. The summed E-state index contributed by atoms with van der Waals surface area (Å²) in [5, 5.41) is 80.4. The van der Waals surface area contributed by atoms with Crippen molar-refractivity contribution in [2.24, 2.45) is 0 Å². The summed E-state index contributed by atoms with van der Waals surface area (Å²) in [5.74, 6) is -4.58. The Labute approximate surface area is 261 Å². The van der Waals surface area contributed by atoms with E-state index >= 15 is 0 Å². The molecule has 2 aliphatic heterocycles. The molecular weight excluding hydrogens is 639 g/mol. The van der Waals surface area contributed by atoms with Gasteiger partial charge in [-0.2, -0.15) is 0 Å². The third-order valence-electron chi connectivity index (χ3n) is 7.83. The number of aromatic nitrogens is 7. The monoisotopic (exact) mass is 667 g/mol. The molecule has 6 N–H and O–H groups in total. The zero-order valence-electron chi connectivity index (χ0n) is 23.5. The number of ether oxygens (including phenoxy) is 2. The van der Waals surface area contributed by atoms with Crippen LogP contribution < -0.4 is 0 Å². The third kappa shape index (κ3) is 6.00. The second-order valence-electron chi connectivity index (χ2n) is 10.7. The topological polar surface area (TPSA) is 214 Å². The zero-order chi connectivity index (χ0) is 32.7. The quantitative estimate of drug-likeness (QED) is 0.130. The smallest absolute Gasteiger partial charge is 0.194 e. The Bertz CT molecular complexity index is 1630. The first kappa shape index (κ1) is 32.4. The maximum atomic E-state index is 13.8. The highest BCUT2D eigenvalue weighted by Gasteiger charge is 2.51. The molecule has 46 heavy (non-hydrogen) atoms. The van der Waals surface area contributed by atoms with Gasteiger partial charge in [-0.3, -0.25) is 4.98 Å². The van der Waals surface area contributed by atoms with Gasteiger partial charge in [0.15, 0.2) is 17.5 Å². The first-order valence-corrected chi connectivity index (χ1v) is 14.8. The molecule has 3 aromatic heterocycles. The van der Waals surface area contributed by atoms with Crippen LogP contribution in [0.4, 0.5) is 13.2 Å². The molecule has 0 amide bonds. The number of rotatable bonds is 8. The number of aliphatic hydroxyl groups excluding tert-OH is 6. The van der Waals surface area contributed by atoms with Crippen LogP contribution >= 0.6 is 11.8 Å². The van der Waals surface area contributed by atoms with E-state index in [0.717, 1.165) is 22.6 Å². The van der Waals surface area contributed by atoms with E-state index in [4.69, 9.17) is 9.47 Å². The van der Waals surface area contributed by atoms with Crippen molar-refractivity contribution in [2.75, 3.05) is 13.2 Å². The van der Waals surface area contributed by atoms with Crippen molar-refractivity contribution < 1.29 is 53.3 Å². The van der Waals surface area contributed by atoms with Crippen LogP contribution in [0.5, 0.6) is 0 Å². The number of hydrogen-bond donors (Lipinski definition) is 6. The van der Waals surface area contributed by atoms with E-state index in [0.29, 0.717) is 23.4 Å². The summed E-state index contributed by atoms with van der Waals surface area (Å²) in [5.41, 5.74) is -1.82. The van der Waals surface area contributed by atoms with Crippen LogP contribution in [-0.2, 0) is 9.47 Å². The van der Waals surface area contributed by atoms with Crippen molar-refractivity contribution >= 4 is 11.8 Å². The van der Waals surface area contributed by atoms with Crippen LogP contribution in [0, 0.1) is 17.5 Å². The molecule has 2 aliphatic rings. The molecule has 0 bridgehead atoms. The average molecular weight is 668 g/mol. The first-order chi connectivity index (χ1) is 22.1. The summed E-state index contributed by atoms with van der Waals surface area (Å²) in [6, 6.07) is 2.34. The van der Waals surface area contributed by atoms with E-state index in [1.165, 1.54) is 10.9 Å². The molecule has 246 valence electrons. The lowest BCUT2D eigenvalue weighted by Crippen LogP contribution is -2.58. The second-order valence-corrected chi connectivity index (χ2v) is 11.9. The number of halogens is 3. The van der Waals surface area contributed by atoms with Crippen LogP contribution in [0.1, 0.15) is 12.1 Å². The predicted octanol–water partition coefficient (Wildman–Crippen LogP) is -0.591. The van der Waals surface area contributed by atoms with E-state index in [1.54, 1.807) is 24.5 Å². The predicted molar refractivity (Wildman–Crippen MR) is 150 cm³/mol. The maximum Gasteiger partial charge on any atom is 0.194 e. The van der Waals surface area contributed by atoms with Gasteiger partial charge in [0, 0.05) is 23.5 Å². The number of hydrogen-bond acceptors (Lipinski definition) is 14. The van der Waals surface area contributed by atoms with E-state index in [-0.39, 0.29) is 11.3 Å². The molecule has 0 radical (unpaired) electrons. The number of pyridine rings is 1. The van der Waals surface area contributed by atoms with E-state index in [1.807, 2.05) is 0 Å². The molecule has 0 aliphatic carbocycles. The van der Waals surface area contributed by atoms with E-state index in [9.17, 15) is 43.8 Å². The summed E-state index contributed by atoms with van der Waals surface area (Å²) < 4.78 is 54.9. The Morgan fingerprint density at radius 1 is 0.739 bits per heavy atom. The minimum absolute atomic E-state index is 0.111. The minimum atomic E-state index is -1.67. The van der Waals surface area contributed by atoms with Crippen molar-refractivity contribution in [2.45, 2.75) is 59.6 Å². The fourth-order valence-corrected chi connectivity index (χ4v) is 6.77. The number of benzene rings is 1. The Morgan fingerprint density at radius 2 is 1.24 bits per heavy atom. The molecule has 1 aromatic carbocycles. The zero-order valence-corrected chi connectivity index (χ0v) is 24.3. The largest absolute Gasteiger partial charge is 0.394 e. The molecule has 10 atom stereocenters. The number of nitrogens with zero attached hydrogens (tertiary/aromatic N) is 7. The highest BCUT2D eigenvalue weighted by molar-refractivity contribution is 8.00. The van der Waals surface area contributed by atoms with Gasteiger partial charge in [-0.05, 0) is 24.3 Å². The standard InChI is InChI=1S/C27H28F3N7O8S/c28-13-4-12(5-14(29)19(13)30)16-8-37(35-33-16)21-23(41)18(10-39)45-27(25(21)43)46-26-24(42)20(22(40)17(9-38)44-26)36-7-15(32-34-36)11-2-1-3-31-6-11/h1-8,17-18,20-27,38-43H,9-10H2/t17-,18?,20?,21+,22?,23+,24-,25?,26?,27+/m1/s1. The molecular formula is C27H28F3N7O8S. The molecule has 5 heterocycles. The van der Waals surface area contributed by atoms with Crippen molar-refractivity contribution in [1.82, 2.24) is 35.0 Å². The lowest BCUT2D eigenvalue weighted by molar-refractivity contribution is -0.189. The Kier molecular flexibility index (Phi) is 9.37. The average Bonchev–Trinajstić information content (AvgIpc) is 3.74. The van der Waals surface area contributed by atoms with Gasteiger partial charge in [0.1, 0.15) is 71.0 Å². The fraction of sp³-hybridized carbons (Fsp3) is 0.444. The molecule has 0 spiro atoms. The maximum absolute atomic E-state index is 13.8. The number of thioether (sulfide) groups is 1. The minimum Gasteiger partial charge on any atom is -0.394 e. The lowest BCUT2D eigenvalue weighted by Gasteiger charge is -2.46. The van der Waals surface area contributed by atoms with Crippen LogP contribution in [0.2, 0.25) is 0 Å². The van der Waals surface area contributed by atoms with Gasteiger partial charge in [-0.25, -0.2) is 22.5 Å². The van der Waals surface area contributed by atoms with Gasteiger partial charge < -0.3 is 40.1 Å². The van der Waals surface area contributed by atoms with Crippen LogP contribution in [0.3, 0.4) is 0 Å². The molecule has 5 unspecified atom stereocenters. The normalized spacial score (nSPS) is 31.7. The summed E-state index contributed by atoms with van der Waals surface area (Å²) in [4.78, 5) is 4.04. The third-order valence-corrected chi connectivity index (χ3v) is 9.15. The molecule has 2 saturated heterocycles. The van der Waals surface area contributed by atoms with Crippen molar-refractivity contribution in [1.29, 1.82) is 0 Å². The fourth-order valence-electron chi connectivity index (χ4n) is 5.44. The molecule has 6 rings (SSSR count). The van der Waals surface area contributed by atoms with Crippen LogP contribution in [0.25, 0.3) is 22.5 Å². The van der Waals surface area contributed by atoms with Gasteiger partial charge in [-0.15, -0.1) is 10.2 Å². The number of aliphatic hydroxyl groups is 6. The van der Waals surface area contributed by atoms with Gasteiger partial charge in [0.2, 0.25) is 0 Å². The summed E-state index contributed by atoms with van der Waals surface area (Å²) in [7, 11) is 0. The van der Waals surface area contributed by atoms with Crippen molar-refractivity contribution in [3.05, 3.63) is 66.5 Å². The van der Waals surface area contributed by atoms with Gasteiger partial charge in [0.25, 0.3) is 0 Å². The van der Waals surface area contributed by atoms with Crippen molar-refractivity contribution in [3.63, 3.8) is 0 Å². The molecule has 15 nitrogen and oxygen atoms in total. The molecule has 2 fully saturated rings. The van der Waals surface area contributed by atoms with Crippen LogP contribution in [-0.4, -0.2) is 126 Å². The van der Waals surface area contributed by atoms with Crippen LogP contribution in [0.15, 0.2) is 49.1 Å². The van der Waals surface area contributed by atoms with Gasteiger partial charge in [0.05, 0.1) is 25.6 Å². The van der Waals surface area contributed by atoms with E-state index in [2.05, 4.69) is 25.6 Å². The SMILES string of the molecule is OCC1O[C@@H](SC2O[C@H](CO)C(O)C(n3cc(-c4cccnc4)nn3)[C@H]2O)C(O)[C@@H](n2cc(-c3cc(F)c(F)c(F)c3)nn2)[C@H]1O. The summed E-state index contributed by atoms with van der Waals surface area (Å²) >= 11 is 0.746. The molecule has 0 saturated carbocycles. The summed E-state index contributed by atoms with van der Waals surface area (Å²) in [6.07, 6.45) is -2.84.